The molecule has 3 nitrogen and oxygen atoms in total. The minimum absolute atomic E-state index is 0.133. The Balaban J connectivity index is 2.34. The summed E-state index contributed by atoms with van der Waals surface area (Å²) < 4.78 is 19.5. The monoisotopic (exact) mass is 271 g/mol. The number of rotatable bonds is 2. The summed E-state index contributed by atoms with van der Waals surface area (Å²) in [7, 11) is 0. The van der Waals surface area contributed by atoms with Gasteiger partial charge >= 0.3 is 0 Å². The summed E-state index contributed by atoms with van der Waals surface area (Å²) in [6.07, 6.45) is 0. The molecule has 0 bridgehead atoms. The molecule has 0 radical (unpaired) electrons. The quantitative estimate of drug-likeness (QED) is 0.747. The molecule has 0 saturated carbocycles. The lowest BCUT2D eigenvalue weighted by atomic mass is 9.98. The summed E-state index contributed by atoms with van der Waals surface area (Å²) in [4.78, 5) is 0. The van der Waals surface area contributed by atoms with Gasteiger partial charge in [0.25, 0.3) is 0 Å². The van der Waals surface area contributed by atoms with Gasteiger partial charge in [0.1, 0.15) is 22.9 Å². The highest BCUT2D eigenvalue weighted by molar-refractivity contribution is 5.94. The van der Waals surface area contributed by atoms with Gasteiger partial charge in [0.2, 0.25) is 0 Å². The van der Waals surface area contributed by atoms with E-state index in [1.165, 1.54) is 12.1 Å². The lowest BCUT2D eigenvalue weighted by molar-refractivity contribution is 0.475. The van der Waals surface area contributed by atoms with Crippen molar-refractivity contribution in [3.8, 4) is 16.9 Å². The van der Waals surface area contributed by atoms with Gasteiger partial charge in [-0.2, -0.15) is 0 Å². The molecule has 3 aromatic rings. The number of phenols is 1. The zero-order valence-corrected chi connectivity index (χ0v) is 11.0. The van der Waals surface area contributed by atoms with E-state index in [4.69, 9.17) is 10.2 Å². The number of hydrogen-bond donors (Lipinski definition) is 2. The van der Waals surface area contributed by atoms with E-state index < -0.39 is 0 Å². The van der Waals surface area contributed by atoms with Crippen LogP contribution in [0.3, 0.4) is 0 Å². The van der Waals surface area contributed by atoms with E-state index in [1.54, 1.807) is 24.3 Å². The van der Waals surface area contributed by atoms with Gasteiger partial charge in [0, 0.05) is 10.9 Å². The molecule has 1 heterocycles. The van der Waals surface area contributed by atoms with E-state index in [9.17, 15) is 9.50 Å². The van der Waals surface area contributed by atoms with Crippen LogP contribution in [0.15, 0.2) is 40.8 Å². The van der Waals surface area contributed by atoms with Crippen molar-refractivity contribution >= 4 is 11.0 Å². The maximum absolute atomic E-state index is 13.8. The number of halogens is 1. The van der Waals surface area contributed by atoms with Crippen LogP contribution < -0.4 is 5.73 Å². The third-order valence-electron chi connectivity index (χ3n) is 3.34. The smallest absolute Gasteiger partial charge is 0.142 e. The first-order chi connectivity index (χ1) is 9.58. The highest BCUT2D eigenvalue weighted by Crippen LogP contribution is 2.35. The Morgan fingerprint density at radius 1 is 1.15 bits per heavy atom. The molecule has 0 unspecified atom stereocenters. The van der Waals surface area contributed by atoms with Crippen molar-refractivity contribution in [2.75, 3.05) is 0 Å². The van der Waals surface area contributed by atoms with Crippen molar-refractivity contribution in [1.82, 2.24) is 0 Å². The Morgan fingerprint density at radius 3 is 2.70 bits per heavy atom. The molecule has 0 aliphatic rings. The second-order valence-corrected chi connectivity index (χ2v) is 4.79. The maximum Gasteiger partial charge on any atom is 0.142 e. The van der Waals surface area contributed by atoms with Gasteiger partial charge in [-0.25, -0.2) is 4.39 Å². The molecule has 0 atom stereocenters. The topological polar surface area (TPSA) is 59.4 Å². The number of aromatic hydroxyl groups is 1. The zero-order valence-electron chi connectivity index (χ0n) is 11.0. The Hall–Kier alpha value is -2.33. The third-order valence-corrected chi connectivity index (χ3v) is 3.34. The van der Waals surface area contributed by atoms with E-state index in [0.717, 1.165) is 11.1 Å². The van der Waals surface area contributed by atoms with Crippen LogP contribution >= 0.6 is 0 Å². The summed E-state index contributed by atoms with van der Waals surface area (Å²) in [6.45, 7) is 2.16. The predicted octanol–water partition coefficient (Wildman–Crippen LogP) is 3.71. The largest absolute Gasteiger partial charge is 0.508 e. The minimum atomic E-state index is -0.348. The van der Waals surface area contributed by atoms with Gasteiger partial charge in [-0.05, 0) is 48.4 Å². The van der Waals surface area contributed by atoms with Crippen LogP contribution in [0.25, 0.3) is 22.1 Å². The van der Waals surface area contributed by atoms with Crippen molar-refractivity contribution in [2.24, 2.45) is 5.73 Å². The fraction of sp³-hybridized carbons (Fsp3) is 0.125. The Kier molecular flexibility index (Phi) is 2.95. The van der Waals surface area contributed by atoms with Crippen LogP contribution in [0.1, 0.15) is 11.3 Å². The molecule has 0 aliphatic carbocycles. The second kappa shape index (κ2) is 4.65. The predicted molar refractivity (Wildman–Crippen MR) is 75.9 cm³/mol. The normalized spacial score (nSPS) is 11.2. The van der Waals surface area contributed by atoms with Gasteiger partial charge in [-0.1, -0.05) is 6.07 Å². The van der Waals surface area contributed by atoms with Gasteiger partial charge in [0.05, 0.1) is 6.54 Å². The van der Waals surface area contributed by atoms with E-state index in [2.05, 4.69) is 0 Å². The van der Waals surface area contributed by atoms with E-state index in [0.29, 0.717) is 22.3 Å². The lowest BCUT2D eigenvalue weighted by Gasteiger charge is -2.08. The van der Waals surface area contributed by atoms with E-state index >= 15 is 0 Å². The molecule has 0 aliphatic heterocycles. The van der Waals surface area contributed by atoms with Gasteiger partial charge < -0.3 is 15.3 Å². The number of benzene rings is 2. The number of hydrogen-bond acceptors (Lipinski definition) is 3. The molecular weight excluding hydrogens is 257 g/mol. The molecular formula is C16H14FNO2. The molecule has 3 N–H and O–H groups in total. The van der Waals surface area contributed by atoms with Crippen LogP contribution in [0, 0.1) is 12.7 Å². The first kappa shape index (κ1) is 12.7. The third kappa shape index (κ3) is 2.04. The number of fused-ring (bicyclic) bond motifs is 1. The van der Waals surface area contributed by atoms with Crippen LogP contribution in [0.5, 0.6) is 5.75 Å². The van der Waals surface area contributed by atoms with Crippen LogP contribution in [-0.4, -0.2) is 5.11 Å². The first-order valence-electron chi connectivity index (χ1n) is 6.30. The van der Waals surface area contributed by atoms with Crippen molar-refractivity contribution < 1.29 is 13.9 Å². The molecule has 4 heteroatoms. The number of furan rings is 1. The summed E-state index contributed by atoms with van der Waals surface area (Å²) in [5.41, 5.74) is 8.44. The first-order valence-corrected chi connectivity index (χ1v) is 6.30. The van der Waals surface area contributed by atoms with Crippen LogP contribution in [0.4, 0.5) is 4.39 Å². The number of phenolic OH excluding ortho intramolecular Hbond substituents is 1. The maximum atomic E-state index is 13.8. The average Bonchev–Trinajstić information content (AvgIpc) is 2.83. The van der Waals surface area contributed by atoms with Gasteiger partial charge in [-0.3, -0.25) is 0 Å². The Morgan fingerprint density at radius 2 is 1.95 bits per heavy atom. The molecule has 0 amide bonds. The van der Waals surface area contributed by atoms with E-state index in [1.807, 2.05) is 6.92 Å². The molecule has 0 spiro atoms. The van der Waals surface area contributed by atoms with E-state index in [-0.39, 0.29) is 18.1 Å². The van der Waals surface area contributed by atoms with Crippen molar-refractivity contribution in [2.45, 2.75) is 13.5 Å². The van der Waals surface area contributed by atoms with Crippen molar-refractivity contribution in [1.29, 1.82) is 0 Å². The fourth-order valence-electron chi connectivity index (χ4n) is 2.37. The molecule has 1 aromatic heterocycles. The summed E-state index contributed by atoms with van der Waals surface area (Å²) in [5.74, 6) is 0.387. The number of nitrogens with two attached hydrogens (primary N) is 1. The Labute approximate surface area is 115 Å². The molecule has 102 valence electrons. The minimum Gasteiger partial charge on any atom is -0.508 e. The summed E-state index contributed by atoms with van der Waals surface area (Å²) >= 11 is 0. The zero-order chi connectivity index (χ0) is 14.3. The summed E-state index contributed by atoms with van der Waals surface area (Å²) in [6, 6.07) is 9.55. The standard InChI is InChI=1S/C16H14FNO2/c1-9-2-3-12(19)7-14(9)15-6-11(17)4-10-5-13(8-18)20-16(10)15/h2-7,19H,8,18H2,1H3. The van der Waals surface area contributed by atoms with Crippen LogP contribution in [0.2, 0.25) is 0 Å². The molecule has 20 heavy (non-hydrogen) atoms. The van der Waals surface area contributed by atoms with Gasteiger partial charge in [0.15, 0.2) is 0 Å². The number of aryl methyl sites for hydroxylation is 1. The second-order valence-electron chi connectivity index (χ2n) is 4.79. The Bertz CT molecular complexity index is 793. The highest BCUT2D eigenvalue weighted by Gasteiger charge is 2.14. The molecule has 3 rings (SSSR count). The lowest BCUT2D eigenvalue weighted by Crippen LogP contribution is -1.92. The molecule has 2 aromatic carbocycles. The van der Waals surface area contributed by atoms with Gasteiger partial charge in [-0.15, -0.1) is 0 Å². The SMILES string of the molecule is Cc1ccc(O)cc1-c1cc(F)cc2cc(CN)oc12. The summed E-state index contributed by atoms with van der Waals surface area (Å²) in [5, 5.41) is 10.3. The van der Waals surface area contributed by atoms with Crippen molar-refractivity contribution in [3.05, 3.63) is 53.5 Å². The van der Waals surface area contributed by atoms with Crippen molar-refractivity contribution in [3.63, 3.8) is 0 Å². The average molecular weight is 271 g/mol. The fourth-order valence-corrected chi connectivity index (χ4v) is 2.37. The molecule has 0 saturated heterocycles. The highest BCUT2D eigenvalue weighted by atomic mass is 19.1. The van der Waals surface area contributed by atoms with Crippen LogP contribution in [-0.2, 0) is 6.54 Å². The molecule has 0 fully saturated rings.